The average molecular weight is 429 g/mol. The molecule has 0 aliphatic heterocycles. The number of nitrogens with two attached hydrogens (primary N) is 1. The second kappa shape index (κ2) is 9.73. The minimum atomic E-state index is -0.194. The third-order valence-corrected chi connectivity index (χ3v) is 4.23. The van der Waals surface area contributed by atoms with Crippen LogP contribution in [0.4, 0.5) is 5.69 Å². The molecule has 0 saturated heterocycles. The molecule has 6 nitrogen and oxygen atoms in total. The Hall–Kier alpha value is -3.35. The number of fused-ring (bicyclic) bond motifs is 1. The number of furan rings is 1. The Morgan fingerprint density at radius 2 is 1.86 bits per heavy atom. The molecule has 148 valence electrons. The summed E-state index contributed by atoms with van der Waals surface area (Å²) in [6.45, 7) is 0. The minimum absolute atomic E-state index is 0. The first-order chi connectivity index (χ1) is 13.2. The monoisotopic (exact) mass is 428 g/mol. The molecular weight excluding hydrogens is 411 g/mol. The fourth-order valence-electron chi connectivity index (χ4n) is 2.97. The van der Waals surface area contributed by atoms with Crippen molar-refractivity contribution in [2.45, 2.75) is 0 Å². The van der Waals surface area contributed by atoms with Crippen molar-refractivity contribution in [3.8, 4) is 11.1 Å². The quantitative estimate of drug-likeness (QED) is 0.275. The van der Waals surface area contributed by atoms with Crippen LogP contribution in [0.2, 0.25) is 0 Å². The SMILES string of the molecule is Cl.Cl.NN=Cc1ccc2cc(C(=O)Nc3ccncc3)cc(-c3ccoc3)c2c1. The highest BCUT2D eigenvalue weighted by Gasteiger charge is 2.13. The van der Waals surface area contributed by atoms with Gasteiger partial charge >= 0.3 is 0 Å². The van der Waals surface area contributed by atoms with Crippen molar-refractivity contribution in [3.63, 3.8) is 0 Å². The number of hydrazone groups is 1. The predicted molar refractivity (Wildman–Crippen MR) is 120 cm³/mol. The van der Waals surface area contributed by atoms with Gasteiger partial charge in [-0.3, -0.25) is 9.78 Å². The van der Waals surface area contributed by atoms with Crippen LogP contribution >= 0.6 is 24.8 Å². The van der Waals surface area contributed by atoms with E-state index in [1.54, 1.807) is 43.3 Å². The molecule has 2 heterocycles. The van der Waals surface area contributed by atoms with Crippen LogP contribution in [-0.4, -0.2) is 17.1 Å². The zero-order valence-corrected chi connectivity index (χ0v) is 16.7. The molecule has 0 spiro atoms. The van der Waals surface area contributed by atoms with E-state index in [-0.39, 0.29) is 30.7 Å². The summed E-state index contributed by atoms with van der Waals surface area (Å²) in [5.74, 6) is 5.08. The molecule has 4 aromatic rings. The maximum atomic E-state index is 12.8. The van der Waals surface area contributed by atoms with Crippen molar-refractivity contribution in [1.82, 2.24) is 4.98 Å². The Labute approximate surface area is 179 Å². The molecule has 0 unspecified atom stereocenters. The van der Waals surface area contributed by atoms with Gasteiger partial charge in [-0.05, 0) is 58.3 Å². The number of amides is 1. The van der Waals surface area contributed by atoms with Crippen LogP contribution in [0.15, 0.2) is 83.0 Å². The van der Waals surface area contributed by atoms with Crippen molar-refractivity contribution in [3.05, 3.63) is 84.6 Å². The summed E-state index contributed by atoms with van der Waals surface area (Å²) in [5.41, 5.74) is 3.91. The molecule has 0 aliphatic carbocycles. The molecule has 0 aliphatic rings. The van der Waals surface area contributed by atoms with Crippen molar-refractivity contribution < 1.29 is 9.21 Å². The van der Waals surface area contributed by atoms with Crippen LogP contribution in [0.5, 0.6) is 0 Å². The molecule has 2 aromatic carbocycles. The lowest BCUT2D eigenvalue weighted by Crippen LogP contribution is -2.12. The second-order valence-corrected chi connectivity index (χ2v) is 5.98. The van der Waals surface area contributed by atoms with Crippen LogP contribution in [0, 0.1) is 0 Å². The van der Waals surface area contributed by atoms with Gasteiger partial charge in [0.25, 0.3) is 5.91 Å². The zero-order chi connectivity index (χ0) is 18.6. The Balaban J connectivity index is 0.00000150. The summed E-state index contributed by atoms with van der Waals surface area (Å²) in [4.78, 5) is 16.7. The van der Waals surface area contributed by atoms with Crippen molar-refractivity contribution >= 4 is 53.4 Å². The molecule has 8 heteroatoms. The van der Waals surface area contributed by atoms with E-state index in [0.29, 0.717) is 11.3 Å². The highest BCUT2D eigenvalue weighted by molar-refractivity contribution is 6.10. The fraction of sp³-hybridized carbons (Fsp3) is 0. The van der Waals surface area contributed by atoms with Gasteiger partial charge in [0.1, 0.15) is 0 Å². The summed E-state index contributed by atoms with van der Waals surface area (Å²) in [6.07, 6.45) is 8.11. The fourth-order valence-corrected chi connectivity index (χ4v) is 2.97. The summed E-state index contributed by atoms with van der Waals surface area (Å²) in [7, 11) is 0. The van der Waals surface area contributed by atoms with E-state index in [2.05, 4.69) is 15.4 Å². The number of anilines is 1. The first-order valence-corrected chi connectivity index (χ1v) is 8.29. The van der Waals surface area contributed by atoms with Gasteiger partial charge in [-0.1, -0.05) is 12.1 Å². The number of aromatic nitrogens is 1. The molecule has 3 N–H and O–H groups in total. The number of nitrogens with zero attached hydrogens (tertiary/aromatic N) is 2. The molecule has 0 radical (unpaired) electrons. The Kier molecular flexibility index (Phi) is 7.36. The second-order valence-electron chi connectivity index (χ2n) is 5.98. The molecule has 0 saturated carbocycles. The van der Waals surface area contributed by atoms with Crippen LogP contribution in [-0.2, 0) is 0 Å². The number of pyridine rings is 1. The highest BCUT2D eigenvalue weighted by Crippen LogP contribution is 2.31. The molecular formula is C21H18Cl2N4O2. The first-order valence-electron chi connectivity index (χ1n) is 8.29. The van der Waals surface area contributed by atoms with E-state index in [9.17, 15) is 4.79 Å². The van der Waals surface area contributed by atoms with E-state index in [1.807, 2.05) is 36.4 Å². The lowest BCUT2D eigenvalue weighted by molar-refractivity contribution is 0.102. The van der Waals surface area contributed by atoms with Crippen LogP contribution in [0.1, 0.15) is 15.9 Å². The zero-order valence-electron chi connectivity index (χ0n) is 15.1. The van der Waals surface area contributed by atoms with Gasteiger partial charge in [0.15, 0.2) is 0 Å². The standard InChI is InChI=1S/C21H16N4O2.2ClH/c22-24-12-14-1-2-15-10-17(21(26)25-18-3-6-23-7-4-18)11-20(19(15)9-14)16-5-8-27-13-16;;/h1-13H,22H2,(H,23,25,26);2*1H. The summed E-state index contributed by atoms with van der Waals surface area (Å²) in [6, 6.07) is 14.9. The number of nitrogens with one attached hydrogen (secondary N) is 1. The number of rotatable bonds is 4. The molecule has 0 fully saturated rings. The van der Waals surface area contributed by atoms with Crippen molar-refractivity contribution in [2.75, 3.05) is 5.32 Å². The largest absolute Gasteiger partial charge is 0.472 e. The molecule has 2 aromatic heterocycles. The van der Waals surface area contributed by atoms with Gasteiger partial charge in [-0.25, -0.2) is 0 Å². The van der Waals surface area contributed by atoms with E-state index in [0.717, 1.165) is 27.5 Å². The predicted octanol–water partition coefficient (Wildman–Crippen LogP) is 4.88. The normalized spacial score (nSPS) is 10.3. The van der Waals surface area contributed by atoms with Gasteiger partial charge in [0.05, 0.1) is 18.7 Å². The number of hydrogen-bond acceptors (Lipinski definition) is 5. The maximum Gasteiger partial charge on any atom is 0.255 e. The third-order valence-electron chi connectivity index (χ3n) is 4.23. The van der Waals surface area contributed by atoms with E-state index in [4.69, 9.17) is 10.3 Å². The third kappa shape index (κ3) is 4.74. The van der Waals surface area contributed by atoms with Crippen molar-refractivity contribution in [2.24, 2.45) is 10.9 Å². The Bertz CT molecular complexity index is 1130. The van der Waals surface area contributed by atoms with Gasteiger partial charge < -0.3 is 15.6 Å². The summed E-state index contributed by atoms with van der Waals surface area (Å²) >= 11 is 0. The van der Waals surface area contributed by atoms with Crippen LogP contribution in [0.25, 0.3) is 21.9 Å². The number of benzene rings is 2. The Morgan fingerprint density at radius 1 is 1.07 bits per heavy atom. The smallest absolute Gasteiger partial charge is 0.255 e. The number of carbonyl (C=O) groups is 1. The number of carbonyl (C=O) groups excluding carboxylic acids is 1. The van der Waals surface area contributed by atoms with Crippen LogP contribution in [0.3, 0.4) is 0 Å². The average Bonchev–Trinajstić information content (AvgIpc) is 3.23. The van der Waals surface area contributed by atoms with Crippen LogP contribution < -0.4 is 11.2 Å². The summed E-state index contributed by atoms with van der Waals surface area (Å²) < 4.78 is 5.24. The Morgan fingerprint density at radius 3 is 2.55 bits per heavy atom. The number of hydrogen-bond donors (Lipinski definition) is 2. The lowest BCUT2D eigenvalue weighted by Gasteiger charge is -2.11. The van der Waals surface area contributed by atoms with Gasteiger partial charge in [0.2, 0.25) is 0 Å². The topological polar surface area (TPSA) is 93.5 Å². The maximum absolute atomic E-state index is 12.8. The van der Waals surface area contributed by atoms with Crippen molar-refractivity contribution in [1.29, 1.82) is 0 Å². The molecule has 0 atom stereocenters. The molecule has 4 rings (SSSR count). The van der Waals surface area contributed by atoms with E-state index < -0.39 is 0 Å². The van der Waals surface area contributed by atoms with E-state index >= 15 is 0 Å². The van der Waals surface area contributed by atoms with E-state index in [1.165, 1.54) is 0 Å². The van der Waals surface area contributed by atoms with Gasteiger partial charge in [0, 0.05) is 29.2 Å². The molecule has 1 amide bonds. The summed E-state index contributed by atoms with van der Waals surface area (Å²) in [5, 5.41) is 8.39. The molecule has 0 bridgehead atoms. The molecule has 29 heavy (non-hydrogen) atoms. The van der Waals surface area contributed by atoms with Gasteiger partial charge in [-0.2, -0.15) is 5.10 Å². The lowest BCUT2D eigenvalue weighted by atomic mass is 9.95. The first kappa shape index (κ1) is 21.9. The van der Waals surface area contributed by atoms with Gasteiger partial charge in [-0.15, -0.1) is 24.8 Å². The minimum Gasteiger partial charge on any atom is -0.472 e. The highest BCUT2D eigenvalue weighted by atomic mass is 35.5. The number of halogens is 2.